The Kier molecular flexibility index (Phi) is 12.7. The Morgan fingerprint density at radius 2 is 1.08 bits per heavy atom. The number of aliphatic hydroxyl groups excluding tert-OH is 1. The molecule has 1 N–H and O–H groups in total. The van der Waals surface area contributed by atoms with Gasteiger partial charge in [0.2, 0.25) is 0 Å². The highest BCUT2D eigenvalue weighted by atomic mass is 35.5. The van der Waals surface area contributed by atoms with E-state index >= 15 is 0 Å². The Bertz CT molecular complexity index is 1710. The van der Waals surface area contributed by atoms with Crippen molar-refractivity contribution in [2.45, 2.75) is 77.9 Å². The maximum absolute atomic E-state index is 14.7. The molecule has 0 aromatic heterocycles. The summed E-state index contributed by atoms with van der Waals surface area (Å²) in [6.45, 7) is 11.2. The predicted octanol–water partition coefficient (Wildman–Crippen LogP) is 10.8. The number of alkyl halides is 1. The van der Waals surface area contributed by atoms with Gasteiger partial charge in [-0.05, 0) is 133 Å². The third-order valence-corrected chi connectivity index (χ3v) is 11.4. The lowest BCUT2D eigenvalue weighted by atomic mass is 9.72. The molecule has 8 heteroatoms. The van der Waals surface area contributed by atoms with Gasteiger partial charge < -0.3 is 14.6 Å². The number of ether oxygens (including phenoxy) is 2. The van der Waals surface area contributed by atoms with Crippen LogP contribution in [0.15, 0.2) is 72.8 Å². The van der Waals surface area contributed by atoms with Crippen molar-refractivity contribution in [1.29, 1.82) is 0 Å². The van der Waals surface area contributed by atoms with Crippen LogP contribution in [-0.4, -0.2) is 56.3 Å². The maximum Gasteiger partial charge on any atom is 0.131 e. The van der Waals surface area contributed by atoms with E-state index in [1.807, 2.05) is 30.3 Å². The van der Waals surface area contributed by atoms with E-state index < -0.39 is 0 Å². The minimum Gasteiger partial charge on any atom is -0.497 e. The number of aliphatic hydroxyl groups is 1. The van der Waals surface area contributed by atoms with Crippen LogP contribution in [0.4, 0.5) is 8.78 Å². The third kappa shape index (κ3) is 8.49. The van der Waals surface area contributed by atoms with Crippen LogP contribution in [0.2, 0.25) is 0 Å². The van der Waals surface area contributed by atoms with Crippen molar-refractivity contribution in [3.63, 3.8) is 0 Å². The van der Waals surface area contributed by atoms with E-state index in [4.69, 9.17) is 21.1 Å². The number of hydrogen-bond acceptors (Lipinski definition) is 5. The number of hydrogen-bond donors (Lipinski definition) is 1. The molecular formula is C44H55ClF2N2O3. The summed E-state index contributed by atoms with van der Waals surface area (Å²) in [7, 11) is 7.48. The molecule has 0 amide bonds. The SMILES string of the molecule is COc1ccc(F)c(-c2ccc(CCl)cc2C2N(C)CCCC2(C)C)c1.COc1ccc(F)c(-c2ccc(CO)cc2C2N(C)CCCC2(C)C)c1. The molecule has 2 aliphatic rings. The number of benzene rings is 4. The van der Waals surface area contributed by atoms with Gasteiger partial charge in [0.05, 0.1) is 20.8 Å². The van der Waals surface area contributed by atoms with Crippen LogP contribution in [0.5, 0.6) is 11.5 Å². The lowest BCUT2D eigenvalue weighted by molar-refractivity contribution is 0.0580. The zero-order valence-electron chi connectivity index (χ0n) is 32.0. The van der Waals surface area contributed by atoms with Crippen molar-refractivity contribution in [2.75, 3.05) is 41.4 Å². The number of halogens is 3. The van der Waals surface area contributed by atoms with Crippen molar-refractivity contribution in [3.8, 4) is 33.8 Å². The number of methoxy groups -OCH3 is 2. The van der Waals surface area contributed by atoms with E-state index in [0.717, 1.165) is 65.7 Å². The van der Waals surface area contributed by atoms with E-state index in [2.05, 4.69) is 57.7 Å². The smallest absolute Gasteiger partial charge is 0.131 e. The molecule has 4 aromatic rings. The second-order valence-electron chi connectivity index (χ2n) is 15.8. The molecule has 2 saturated heterocycles. The van der Waals surface area contributed by atoms with Gasteiger partial charge in [0.25, 0.3) is 0 Å². The van der Waals surface area contributed by atoms with Gasteiger partial charge in [-0.2, -0.15) is 0 Å². The van der Waals surface area contributed by atoms with Gasteiger partial charge in [-0.25, -0.2) is 8.78 Å². The van der Waals surface area contributed by atoms with Crippen molar-refractivity contribution in [2.24, 2.45) is 10.8 Å². The quantitative estimate of drug-likeness (QED) is 0.183. The summed E-state index contributed by atoms with van der Waals surface area (Å²) in [5, 5.41) is 9.65. The Morgan fingerprint density at radius 1 is 0.654 bits per heavy atom. The normalized spacial score (nSPS) is 20.2. The van der Waals surface area contributed by atoms with E-state index in [1.54, 1.807) is 38.5 Å². The Morgan fingerprint density at radius 3 is 1.46 bits per heavy atom. The lowest BCUT2D eigenvalue weighted by Gasteiger charge is -2.46. The maximum atomic E-state index is 14.7. The van der Waals surface area contributed by atoms with E-state index in [1.165, 1.54) is 18.6 Å². The molecule has 2 aliphatic heterocycles. The molecular weight excluding hydrogens is 678 g/mol. The monoisotopic (exact) mass is 732 g/mol. The molecule has 0 radical (unpaired) electrons. The predicted molar refractivity (Wildman–Crippen MR) is 209 cm³/mol. The van der Waals surface area contributed by atoms with Crippen LogP contribution >= 0.6 is 11.6 Å². The standard InChI is InChI=1S/C22H27ClFNO.C22H28FNO2/c1-22(2)10-5-11-25(3)21(22)19-12-15(14-23)6-8-17(19)18-13-16(26-4)7-9-20(18)24;1-22(2)10-5-11-24(3)21(22)19-12-15(14-25)6-8-17(19)18-13-16(26-4)7-9-20(18)23/h6-9,12-13,21H,5,10-11,14H2,1-4H3;6-9,12-13,21,25H,5,10-11,14H2,1-4H3. The third-order valence-electron chi connectivity index (χ3n) is 11.1. The molecule has 4 aromatic carbocycles. The fourth-order valence-corrected chi connectivity index (χ4v) is 8.80. The minimum absolute atomic E-state index is 0.0231. The molecule has 0 saturated carbocycles. The molecule has 6 rings (SSSR count). The summed E-state index contributed by atoms with van der Waals surface area (Å²) in [6.07, 6.45) is 4.60. The molecule has 0 aliphatic carbocycles. The van der Waals surface area contributed by atoms with Crippen LogP contribution in [0.1, 0.15) is 87.7 Å². The summed E-state index contributed by atoms with van der Waals surface area (Å²) in [5.41, 5.74) is 7.18. The van der Waals surface area contributed by atoms with Crippen molar-refractivity contribution < 1.29 is 23.4 Å². The zero-order chi connectivity index (χ0) is 37.8. The first kappa shape index (κ1) is 39.7. The van der Waals surface area contributed by atoms with Crippen LogP contribution in [0.3, 0.4) is 0 Å². The highest BCUT2D eigenvalue weighted by molar-refractivity contribution is 6.17. The molecule has 2 fully saturated rings. The second kappa shape index (κ2) is 16.7. The molecule has 0 bridgehead atoms. The summed E-state index contributed by atoms with van der Waals surface area (Å²) >= 11 is 6.11. The van der Waals surface area contributed by atoms with Gasteiger partial charge >= 0.3 is 0 Å². The topological polar surface area (TPSA) is 45.2 Å². The average Bonchev–Trinajstić information content (AvgIpc) is 3.11. The molecule has 2 unspecified atom stereocenters. The fraction of sp³-hybridized carbons (Fsp3) is 0.455. The molecule has 0 spiro atoms. The van der Waals surface area contributed by atoms with Crippen LogP contribution in [-0.2, 0) is 12.5 Å². The Balaban J connectivity index is 0.000000201. The highest BCUT2D eigenvalue weighted by Gasteiger charge is 2.39. The lowest BCUT2D eigenvalue weighted by Crippen LogP contribution is -2.41. The highest BCUT2D eigenvalue weighted by Crippen LogP contribution is 2.49. The first-order valence-electron chi connectivity index (χ1n) is 18.3. The van der Waals surface area contributed by atoms with Gasteiger partial charge in [-0.1, -0.05) is 64.1 Å². The van der Waals surface area contributed by atoms with E-state index in [9.17, 15) is 13.9 Å². The average molecular weight is 733 g/mol. The van der Waals surface area contributed by atoms with Crippen LogP contribution < -0.4 is 9.47 Å². The van der Waals surface area contributed by atoms with Crippen LogP contribution in [0.25, 0.3) is 22.3 Å². The van der Waals surface area contributed by atoms with Crippen molar-refractivity contribution in [3.05, 3.63) is 107 Å². The second-order valence-corrected chi connectivity index (χ2v) is 16.0. The molecule has 5 nitrogen and oxygen atoms in total. The van der Waals surface area contributed by atoms with Gasteiger partial charge in [0.15, 0.2) is 0 Å². The zero-order valence-corrected chi connectivity index (χ0v) is 32.8. The summed E-state index contributed by atoms with van der Waals surface area (Å²) in [5.74, 6) is 1.24. The van der Waals surface area contributed by atoms with Gasteiger partial charge in [-0.15, -0.1) is 11.6 Å². The summed E-state index contributed by atoms with van der Waals surface area (Å²) < 4.78 is 40.0. The summed E-state index contributed by atoms with van der Waals surface area (Å²) in [4.78, 5) is 4.74. The molecule has 52 heavy (non-hydrogen) atoms. The van der Waals surface area contributed by atoms with Crippen molar-refractivity contribution in [1.82, 2.24) is 9.80 Å². The Hall–Kier alpha value is -3.49. The molecule has 2 heterocycles. The Labute approximate surface area is 314 Å². The van der Waals surface area contributed by atoms with E-state index in [-0.39, 0.29) is 41.2 Å². The van der Waals surface area contributed by atoms with Crippen molar-refractivity contribution >= 4 is 11.6 Å². The number of likely N-dealkylation sites (tertiary alicyclic amines) is 2. The molecule has 280 valence electrons. The fourth-order valence-electron chi connectivity index (χ4n) is 8.63. The van der Waals surface area contributed by atoms with Crippen LogP contribution in [0, 0.1) is 22.5 Å². The van der Waals surface area contributed by atoms with Gasteiger partial charge in [0, 0.05) is 29.1 Å². The number of piperidine rings is 2. The number of rotatable bonds is 8. The minimum atomic E-state index is -0.264. The molecule has 2 atom stereocenters. The van der Waals surface area contributed by atoms with Gasteiger partial charge in [-0.3, -0.25) is 9.80 Å². The number of nitrogens with zero attached hydrogens (tertiary/aromatic N) is 2. The van der Waals surface area contributed by atoms with Gasteiger partial charge in [0.1, 0.15) is 23.1 Å². The summed E-state index contributed by atoms with van der Waals surface area (Å²) in [6, 6.07) is 22.1. The van der Waals surface area contributed by atoms with E-state index in [0.29, 0.717) is 28.5 Å². The first-order valence-corrected chi connectivity index (χ1v) is 18.8. The first-order chi connectivity index (χ1) is 24.7. The largest absolute Gasteiger partial charge is 0.497 e.